The molecule has 0 atom stereocenters. The van der Waals surface area contributed by atoms with Crippen molar-refractivity contribution < 1.29 is 13.2 Å². The van der Waals surface area contributed by atoms with E-state index in [0.29, 0.717) is 26.2 Å². The minimum absolute atomic E-state index is 0.0322. The zero-order valence-corrected chi connectivity index (χ0v) is 17.9. The van der Waals surface area contributed by atoms with Gasteiger partial charge in [-0.25, -0.2) is 13.4 Å². The molecule has 3 heterocycles. The normalized spacial score (nSPS) is 19.2. The zero-order chi connectivity index (χ0) is 20.9. The fourth-order valence-electron chi connectivity index (χ4n) is 3.83. The lowest BCUT2D eigenvalue weighted by molar-refractivity contribution is 0.200. The topological polar surface area (TPSA) is 91.4 Å². The van der Waals surface area contributed by atoms with Crippen molar-refractivity contribution >= 4 is 26.7 Å². The number of nitrogens with one attached hydrogen (secondary N) is 1. The van der Waals surface area contributed by atoms with Gasteiger partial charge in [-0.3, -0.25) is 5.10 Å². The molecule has 1 saturated carbocycles. The van der Waals surface area contributed by atoms with Crippen LogP contribution in [0.5, 0.6) is 5.75 Å². The molecule has 1 aliphatic heterocycles. The number of pyridine rings is 1. The van der Waals surface area contributed by atoms with Crippen molar-refractivity contribution in [1.82, 2.24) is 19.5 Å². The standard InChI is InChI=1S/C21H25N5O3S/c1-21(6-7-21)29-16-3-4-18-17(14-16)20(24-23-18)15-5-8-22-19(13-15)25-9-11-26(12-10-25)30(2,27)28/h3-5,8,13-14H,6-7,9-12H2,1-2H3,(H,23,24). The summed E-state index contributed by atoms with van der Waals surface area (Å²) < 4.78 is 31.1. The van der Waals surface area contributed by atoms with Crippen LogP contribution in [-0.2, 0) is 10.0 Å². The van der Waals surface area contributed by atoms with E-state index in [1.165, 1.54) is 10.6 Å². The quantitative estimate of drug-likeness (QED) is 0.673. The summed E-state index contributed by atoms with van der Waals surface area (Å²) in [6.45, 7) is 4.29. The minimum Gasteiger partial charge on any atom is -0.488 e. The Labute approximate surface area is 175 Å². The molecule has 158 valence electrons. The van der Waals surface area contributed by atoms with Gasteiger partial charge in [0.05, 0.1) is 11.8 Å². The van der Waals surface area contributed by atoms with E-state index in [1.807, 2.05) is 30.3 Å². The molecular weight excluding hydrogens is 402 g/mol. The highest BCUT2D eigenvalue weighted by molar-refractivity contribution is 7.88. The highest BCUT2D eigenvalue weighted by Gasteiger charge is 2.40. The molecule has 1 aliphatic carbocycles. The average molecular weight is 428 g/mol. The third-order valence-corrected chi connectivity index (χ3v) is 7.21. The third kappa shape index (κ3) is 3.75. The molecule has 0 unspecified atom stereocenters. The van der Waals surface area contributed by atoms with Crippen molar-refractivity contribution in [3.63, 3.8) is 0 Å². The van der Waals surface area contributed by atoms with Gasteiger partial charge in [0.1, 0.15) is 22.9 Å². The Bertz CT molecular complexity index is 1190. The SMILES string of the molecule is CC1(Oc2ccc3[nH]nc(-c4ccnc(N5CCN(S(C)(=O)=O)CC5)c4)c3c2)CC1. The number of rotatable bonds is 5. The predicted molar refractivity (Wildman–Crippen MR) is 116 cm³/mol. The lowest BCUT2D eigenvalue weighted by Gasteiger charge is -2.34. The van der Waals surface area contributed by atoms with E-state index in [1.54, 1.807) is 6.20 Å². The second-order valence-corrected chi connectivity index (χ2v) is 10.4. The number of nitrogens with zero attached hydrogens (tertiary/aromatic N) is 4. The van der Waals surface area contributed by atoms with Crippen LogP contribution in [0.15, 0.2) is 36.5 Å². The number of fused-ring (bicyclic) bond motifs is 1. The predicted octanol–water partition coefficient (Wildman–Crippen LogP) is 2.64. The molecule has 3 aromatic rings. The van der Waals surface area contributed by atoms with Crippen LogP contribution in [0.3, 0.4) is 0 Å². The van der Waals surface area contributed by atoms with Gasteiger partial charge in [0.2, 0.25) is 10.0 Å². The summed E-state index contributed by atoms with van der Waals surface area (Å²) in [6.07, 6.45) is 5.21. The number of piperazine rings is 1. The van der Waals surface area contributed by atoms with Gasteiger partial charge in [0, 0.05) is 43.3 Å². The maximum Gasteiger partial charge on any atom is 0.211 e. The van der Waals surface area contributed by atoms with Crippen LogP contribution in [0.25, 0.3) is 22.2 Å². The van der Waals surface area contributed by atoms with E-state index in [0.717, 1.165) is 46.6 Å². The van der Waals surface area contributed by atoms with Crippen molar-refractivity contribution in [1.29, 1.82) is 0 Å². The van der Waals surface area contributed by atoms with E-state index >= 15 is 0 Å². The summed E-state index contributed by atoms with van der Waals surface area (Å²) in [5, 5.41) is 8.65. The van der Waals surface area contributed by atoms with Crippen molar-refractivity contribution in [2.24, 2.45) is 0 Å². The maximum absolute atomic E-state index is 11.8. The Morgan fingerprint density at radius 1 is 1.10 bits per heavy atom. The van der Waals surface area contributed by atoms with Crippen LogP contribution in [0.1, 0.15) is 19.8 Å². The first-order chi connectivity index (χ1) is 14.3. The molecule has 1 aromatic carbocycles. The third-order valence-electron chi connectivity index (χ3n) is 5.90. The molecule has 0 bridgehead atoms. The largest absolute Gasteiger partial charge is 0.488 e. The number of hydrogen-bond donors (Lipinski definition) is 1. The molecule has 5 rings (SSSR count). The smallest absolute Gasteiger partial charge is 0.211 e. The summed E-state index contributed by atoms with van der Waals surface area (Å²) in [6, 6.07) is 9.98. The van der Waals surface area contributed by atoms with E-state index in [4.69, 9.17) is 4.74 Å². The lowest BCUT2D eigenvalue weighted by Crippen LogP contribution is -2.48. The Hall–Kier alpha value is -2.65. The fourth-order valence-corrected chi connectivity index (χ4v) is 4.65. The first-order valence-corrected chi connectivity index (χ1v) is 12.0. The summed E-state index contributed by atoms with van der Waals surface area (Å²) >= 11 is 0. The number of sulfonamides is 1. The Morgan fingerprint density at radius 2 is 1.87 bits per heavy atom. The van der Waals surface area contributed by atoms with Crippen molar-refractivity contribution in [2.45, 2.75) is 25.4 Å². The number of hydrogen-bond acceptors (Lipinski definition) is 6. The molecule has 2 fully saturated rings. The molecular formula is C21H25N5O3S. The van der Waals surface area contributed by atoms with Gasteiger partial charge in [-0.1, -0.05) is 0 Å². The fraction of sp³-hybridized carbons (Fsp3) is 0.429. The molecule has 0 amide bonds. The van der Waals surface area contributed by atoms with Crippen molar-refractivity contribution in [3.8, 4) is 17.0 Å². The van der Waals surface area contributed by atoms with Gasteiger partial charge in [0.15, 0.2) is 0 Å². The number of ether oxygens (including phenoxy) is 1. The first-order valence-electron chi connectivity index (χ1n) is 10.1. The average Bonchev–Trinajstić information content (AvgIpc) is 3.30. The van der Waals surface area contributed by atoms with E-state index < -0.39 is 10.0 Å². The monoisotopic (exact) mass is 427 g/mol. The Balaban J connectivity index is 1.41. The van der Waals surface area contributed by atoms with E-state index in [2.05, 4.69) is 27.0 Å². The van der Waals surface area contributed by atoms with Crippen molar-refractivity contribution in [2.75, 3.05) is 37.3 Å². The van der Waals surface area contributed by atoms with Gasteiger partial charge in [-0.05, 0) is 50.1 Å². The number of aromatic nitrogens is 3. The van der Waals surface area contributed by atoms with Gasteiger partial charge < -0.3 is 9.64 Å². The Morgan fingerprint density at radius 3 is 2.57 bits per heavy atom. The van der Waals surface area contributed by atoms with Crippen molar-refractivity contribution in [3.05, 3.63) is 36.5 Å². The lowest BCUT2D eigenvalue weighted by atomic mass is 10.1. The highest BCUT2D eigenvalue weighted by atomic mass is 32.2. The highest BCUT2D eigenvalue weighted by Crippen LogP contribution is 2.40. The first kappa shape index (κ1) is 19.3. The number of H-pyrrole nitrogens is 1. The molecule has 30 heavy (non-hydrogen) atoms. The summed E-state index contributed by atoms with van der Waals surface area (Å²) in [5.41, 5.74) is 2.75. The Kier molecular flexibility index (Phi) is 4.48. The zero-order valence-electron chi connectivity index (χ0n) is 17.1. The van der Waals surface area contributed by atoms with Crippen LogP contribution in [-0.4, -0.2) is 65.9 Å². The van der Waals surface area contributed by atoms with E-state index in [9.17, 15) is 8.42 Å². The molecule has 2 aliphatic rings. The molecule has 0 radical (unpaired) electrons. The van der Waals surface area contributed by atoms with Gasteiger partial charge in [-0.15, -0.1) is 0 Å². The summed E-state index contributed by atoms with van der Waals surface area (Å²) in [7, 11) is -3.15. The second-order valence-electron chi connectivity index (χ2n) is 8.38. The van der Waals surface area contributed by atoms with Crippen LogP contribution >= 0.6 is 0 Å². The molecule has 1 saturated heterocycles. The summed E-state index contributed by atoms with van der Waals surface area (Å²) in [5.74, 6) is 1.69. The van der Waals surface area contributed by atoms with Gasteiger partial charge in [-0.2, -0.15) is 9.40 Å². The van der Waals surface area contributed by atoms with Gasteiger partial charge >= 0.3 is 0 Å². The van der Waals surface area contributed by atoms with Gasteiger partial charge in [0.25, 0.3) is 0 Å². The number of aromatic amines is 1. The van der Waals surface area contributed by atoms with Crippen LogP contribution in [0.4, 0.5) is 5.82 Å². The second kappa shape index (κ2) is 6.95. The number of benzene rings is 1. The molecule has 8 nitrogen and oxygen atoms in total. The molecule has 2 aromatic heterocycles. The molecule has 9 heteroatoms. The summed E-state index contributed by atoms with van der Waals surface area (Å²) in [4.78, 5) is 6.62. The molecule has 0 spiro atoms. The number of anilines is 1. The van der Waals surface area contributed by atoms with Crippen LogP contribution in [0, 0.1) is 0 Å². The van der Waals surface area contributed by atoms with E-state index in [-0.39, 0.29) is 5.60 Å². The molecule has 1 N–H and O–H groups in total. The van der Waals surface area contributed by atoms with Crippen LogP contribution in [0.2, 0.25) is 0 Å². The maximum atomic E-state index is 11.8. The minimum atomic E-state index is -3.15. The van der Waals surface area contributed by atoms with Crippen LogP contribution < -0.4 is 9.64 Å².